The van der Waals surface area contributed by atoms with Gasteiger partial charge in [0.2, 0.25) is 6.10 Å². The van der Waals surface area contributed by atoms with Crippen LogP contribution in [0.4, 0.5) is 10.1 Å². The van der Waals surface area contributed by atoms with Gasteiger partial charge in [-0.15, -0.1) is 0 Å². The van der Waals surface area contributed by atoms with Crippen LogP contribution in [-0.2, 0) is 9.63 Å². The first-order valence-electron chi connectivity index (χ1n) is 7.51. The number of amides is 1. The Bertz CT molecular complexity index is 764. The number of oxime groups is 1. The molecule has 0 saturated carbocycles. The summed E-state index contributed by atoms with van der Waals surface area (Å²) in [4.78, 5) is 17.1. The Hall–Kier alpha value is -3.09. The molecule has 25 heavy (non-hydrogen) atoms. The molecular formula is C18H19FN2O4. The highest BCUT2D eigenvalue weighted by molar-refractivity contribution is 5.94. The number of anilines is 1. The summed E-state index contributed by atoms with van der Waals surface area (Å²) >= 11 is 0. The second kappa shape index (κ2) is 8.68. The maximum atomic E-state index is 13.5. The molecule has 0 unspecified atom stereocenters. The molecule has 0 aliphatic heterocycles. The summed E-state index contributed by atoms with van der Waals surface area (Å²) in [5, 5.41) is 6.24. The van der Waals surface area contributed by atoms with Gasteiger partial charge in [-0.05, 0) is 37.3 Å². The highest BCUT2D eigenvalue weighted by Gasteiger charge is 2.15. The van der Waals surface area contributed by atoms with Crippen molar-refractivity contribution in [1.29, 1.82) is 0 Å². The summed E-state index contributed by atoms with van der Waals surface area (Å²) < 4.78 is 23.9. The zero-order chi connectivity index (χ0) is 18.2. The fourth-order valence-corrected chi connectivity index (χ4v) is 1.96. The van der Waals surface area contributed by atoms with Crippen LogP contribution in [0.2, 0.25) is 0 Å². The number of benzene rings is 2. The van der Waals surface area contributed by atoms with Crippen LogP contribution in [0.1, 0.15) is 12.5 Å². The molecule has 0 radical (unpaired) electrons. The summed E-state index contributed by atoms with van der Waals surface area (Å²) in [6, 6.07) is 11.1. The molecule has 0 aromatic heterocycles. The summed E-state index contributed by atoms with van der Waals surface area (Å²) in [6.07, 6.45) is 0.501. The number of carbonyl (C=O) groups excluding carboxylic acids is 1. The molecule has 0 saturated heterocycles. The molecule has 1 N–H and O–H groups in total. The van der Waals surface area contributed by atoms with Crippen molar-refractivity contribution in [2.75, 3.05) is 19.5 Å². The van der Waals surface area contributed by atoms with Gasteiger partial charge >= 0.3 is 0 Å². The van der Waals surface area contributed by atoms with Crippen LogP contribution in [0, 0.1) is 5.82 Å². The molecule has 2 aromatic carbocycles. The van der Waals surface area contributed by atoms with E-state index in [1.807, 2.05) is 0 Å². The number of para-hydroxylation sites is 1. The summed E-state index contributed by atoms with van der Waals surface area (Å²) in [7, 11) is 3.08. The number of nitrogens with zero attached hydrogens (tertiary/aromatic N) is 1. The third kappa shape index (κ3) is 4.94. The molecule has 132 valence electrons. The van der Waals surface area contributed by atoms with Crippen LogP contribution in [-0.4, -0.2) is 32.4 Å². The molecule has 0 spiro atoms. The Morgan fingerprint density at radius 2 is 1.96 bits per heavy atom. The van der Waals surface area contributed by atoms with Crippen LogP contribution in [0.15, 0.2) is 47.6 Å². The van der Waals surface area contributed by atoms with Crippen molar-refractivity contribution in [2.45, 2.75) is 13.0 Å². The zero-order valence-corrected chi connectivity index (χ0v) is 14.2. The van der Waals surface area contributed by atoms with E-state index in [9.17, 15) is 9.18 Å². The minimum absolute atomic E-state index is 0.0846. The second-order valence-electron chi connectivity index (χ2n) is 5.06. The molecule has 0 bridgehead atoms. The zero-order valence-electron chi connectivity index (χ0n) is 14.2. The lowest BCUT2D eigenvalue weighted by Crippen LogP contribution is -2.26. The molecule has 2 aromatic rings. The Balaban J connectivity index is 1.99. The number of halogens is 1. The molecule has 6 nitrogen and oxygen atoms in total. The largest absolute Gasteiger partial charge is 0.497 e. The smallest absolute Gasteiger partial charge is 0.268 e. The van der Waals surface area contributed by atoms with Crippen LogP contribution in [0.5, 0.6) is 11.5 Å². The summed E-state index contributed by atoms with van der Waals surface area (Å²) in [5.41, 5.74) is 0.713. The van der Waals surface area contributed by atoms with Crippen molar-refractivity contribution < 1.29 is 23.5 Å². The van der Waals surface area contributed by atoms with Crippen LogP contribution in [0.25, 0.3) is 0 Å². The molecular weight excluding hydrogens is 327 g/mol. The van der Waals surface area contributed by atoms with Crippen molar-refractivity contribution in [1.82, 2.24) is 0 Å². The van der Waals surface area contributed by atoms with Gasteiger partial charge in [0.1, 0.15) is 17.3 Å². The first-order chi connectivity index (χ1) is 12.0. The monoisotopic (exact) mass is 346 g/mol. The molecule has 0 fully saturated rings. The van der Waals surface area contributed by atoms with Gasteiger partial charge in [-0.25, -0.2) is 4.39 Å². The topological polar surface area (TPSA) is 69.1 Å². The molecule has 0 aliphatic carbocycles. The van der Waals surface area contributed by atoms with Gasteiger partial charge in [0.15, 0.2) is 0 Å². The number of methoxy groups -OCH3 is 2. The molecule has 1 atom stereocenters. The van der Waals surface area contributed by atoms with E-state index in [0.29, 0.717) is 17.1 Å². The number of carbonyl (C=O) groups is 1. The Morgan fingerprint density at radius 3 is 2.64 bits per heavy atom. The van der Waals surface area contributed by atoms with Crippen LogP contribution < -0.4 is 14.8 Å². The molecule has 0 aliphatic rings. The van der Waals surface area contributed by atoms with Crippen molar-refractivity contribution in [3.63, 3.8) is 0 Å². The lowest BCUT2D eigenvalue weighted by Gasteiger charge is -2.11. The minimum Gasteiger partial charge on any atom is -0.497 e. The standard InChI is InChI=1S/C18H19FN2O4/c1-12(18(22)21-16-7-5-4-6-15(16)19)25-20-11-13-10-14(23-2)8-9-17(13)24-3/h4-12H,1-3H3,(H,21,22)/b20-11-/t12-/m1/s1. The van der Waals surface area contributed by atoms with E-state index in [-0.39, 0.29) is 5.69 Å². The summed E-state index contributed by atoms with van der Waals surface area (Å²) in [5.74, 6) is 0.178. The highest BCUT2D eigenvalue weighted by Crippen LogP contribution is 2.22. The third-order valence-electron chi connectivity index (χ3n) is 3.35. The molecule has 2 rings (SSSR count). The van der Waals surface area contributed by atoms with Crippen molar-refractivity contribution >= 4 is 17.8 Å². The van der Waals surface area contributed by atoms with E-state index < -0.39 is 17.8 Å². The van der Waals surface area contributed by atoms with Gasteiger partial charge in [0.05, 0.1) is 26.1 Å². The number of ether oxygens (including phenoxy) is 2. The molecule has 1 amide bonds. The average Bonchev–Trinajstić information content (AvgIpc) is 2.63. The van der Waals surface area contributed by atoms with Crippen molar-refractivity contribution in [3.05, 3.63) is 53.8 Å². The molecule has 0 heterocycles. The first-order valence-corrected chi connectivity index (χ1v) is 7.51. The van der Waals surface area contributed by atoms with Crippen LogP contribution in [0.3, 0.4) is 0 Å². The number of hydrogen-bond donors (Lipinski definition) is 1. The van der Waals surface area contributed by atoms with Gasteiger partial charge < -0.3 is 19.6 Å². The lowest BCUT2D eigenvalue weighted by atomic mass is 10.2. The number of nitrogens with one attached hydrogen (secondary N) is 1. The number of hydrogen-bond acceptors (Lipinski definition) is 5. The van der Waals surface area contributed by atoms with Gasteiger partial charge in [-0.2, -0.15) is 0 Å². The predicted molar refractivity (Wildman–Crippen MR) is 92.7 cm³/mol. The normalized spacial score (nSPS) is 11.8. The van der Waals surface area contributed by atoms with Crippen LogP contribution >= 0.6 is 0 Å². The Morgan fingerprint density at radius 1 is 1.20 bits per heavy atom. The first kappa shape index (κ1) is 18.3. The van der Waals surface area contributed by atoms with E-state index in [2.05, 4.69) is 10.5 Å². The Kier molecular flexibility index (Phi) is 6.33. The maximum absolute atomic E-state index is 13.5. The highest BCUT2D eigenvalue weighted by atomic mass is 19.1. The van der Waals surface area contributed by atoms with Crippen molar-refractivity contribution in [2.24, 2.45) is 5.16 Å². The second-order valence-corrected chi connectivity index (χ2v) is 5.06. The minimum atomic E-state index is -0.910. The average molecular weight is 346 g/mol. The predicted octanol–water partition coefficient (Wildman–Crippen LogP) is 3.22. The van der Waals surface area contributed by atoms with E-state index in [1.165, 1.54) is 38.4 Å². The third-order valence-corrected chi connectivity index (χ3v) is 3.35. The van der Waals surface area contributed by atoms with Gasteiger partial charge in [-0.3, -0.25) is 4.79 Å². The van der Waals surface area contributed by atoms with Gasteiger partial charge in [0.25, 0.3) is 5.91 Å². The van der Waals surface area contributed by atoms with E-state index in [0.717, 1.165) is 0 Å². The van der Waals surface area contributed by atoms with Gasteiger partial charge in [-0.1, -0.05) is 17.3 Å². The number of rotatable bonds is 7. The Labute approximate surface area is 145 Å². The van der Waals surface area contributed by atoms with E-state index >= 15 is 0 Å². The SMILES string of the molecule is COc1ccc(OC)c(/C=N\O[C@H](C)C(=O)Nc2ccccc2F)c1. The summed E-state index contributed by atoms with van der Waals surface area (Å²) in [6.45, 7) is 1.51. The lowest BCUT2D eigenvalue weighted by molar-refractivity contribution is -0.126. The molecule has 7 heteroatoms. The van der Waals surface area contributed by atoms with E-state index in [1.54, 1.807) is 31.4 Å². The van der Waals surface area contributed by atoms with Crippen molar-refractivity contribution in [3.8, 4) is 11.5 Å². The maximum Gasteiger partial charge on any atom is 0.268 e. The van der Waals surface area contributed by atoms with E-state index in [4.69, 9.17) is 14.3 Å². The quantitative estimate of drug-likeness (QED) is 0.617. The fourth-order valence-electron chi connectivity index (χ4n) is 1.96. The van der Waals surface area contributed by atoms with Gasteiger partial charge in [0, 0.05) is 5.56 Å². The fraction of sp³-hybridized carbons (Fsp3) is 0.222.